The Hall–Kier alpha value is -2.56. The summed E-state index contributed by atoms with van der Waals surface area (Å²) >= 11 is 0. The molecule has 3 aromatic rings. The Balaban J connectivity index is 2.02. The number of nitrogens with zero attached hydrogens (tertiary/aromatic N) is 2. The van der Waals surface area contributed by atoms with E-state index in [0.717, 1.165) is 0 Å². The third kappa shape index (κ3) is 1.89. The van der Waals surface area contributed by atoms with E-state index >= 15 is 0 Å². The first-order chi connectivity index (χ1) is 9.16. The predicted molar refractivity (Wildman–Crippen MR) is 70.2 cm³/mol. The maximum absolute atomic E-state index is 12.2. The molecule has 19 heavy (non-hydrogen) atoms. The zero-order valence-electron chi connectivity index (χ0n) is 10.4. The summed E-state index contributed by atoms with van der Waals surface area (Å²) in [4.78, 5) is 23.9. The summed E-state index contributed by atoms with van der Waals surface area (Å²) in [5.41, 5.74) is 1.69. The molecule has 0 saturated carbocycles. The van der Waals surface area contributed by atoms with E-state index in [1.54, 1.807) is 54.2 Å². The molecule has 3 rings (SSSR count). The van der Waals surface area contributed by atoms with Crippen LogP contribution in [0.25, 0.3) is 11.1 Å². The zero-order valence-corrected chi connectivity index (χ0v) is 10.4. The van der Waals surface area contributed by atoms with Gasteiger partial charge in [0.1, 0.15) is 0 Å². The number of rotatable bonds is 3. The highest BCUT2D eigenvalue weighted by Crippen LogP contribution is 2.12. The molecule has 2 aromatic heterocycles. The van der Waals surface area contributed by atoms with Crippen molar-refractivity contribution in [3.63, 3.8) is 0 Å². The number of aromatic nitrogens is 2. The van der Waals surface area contributed by atoms with Crippen LogP contribution < -0.4 is 5.76 Å². The van der Waals surface area contributed by atoms with Gasteiger partial charge in [-0.2, -0.15) is 0 Å². The van der Waals surface area contributed by atoms with Gasteiger partial charge in [-0.15, -0.1) is 0 Å². The molecule has 2 heterocycles. The largest absolute Gasteiger partial charge is 0.420 e. The molecule has 5 nitrogen and oxygen atoms in total. The minimum atomic E-state index is -0.510. The molecule has 0 saturated heterocycles. The number of Topliss-reactive ketones (excluding diaryl/α,β-unsaturated/α-hetero) is 1. The van der Waals surface area contributed by atoms with Crippen molar-refractivity contribution in [3.8, 4) is 0 Å². The Kier molecular flexibility index (Phi) is 2.59. The molecule has 5 heteroatoms. The van der Waals surface area contributed by atoms with Gasteiger partial charge in [0, 0.05) is 13.2 Å². The van der Waals surface area contributed by atoms with E-state index < -0.39 is 5.76 Å². The van der Waals surface area contributed by atoms with Crippen LogP contribution in [-0.2, 0) is 13.6 Å². The van der Waals surface area contributed by atoms with Gasteiger partial charge in [0.15, 0.2) is 11.4 Å². The molecule has 0 spiro atoms. The number of para-hydroxylation sites is 2. The monoisotopic (exact) mass is 256 g/mol. The van der Waals surface area contributed by atoms with Gasteiger partial charge in [-0.05, 0) is 24.3 Å². The molecule has 0 N–H and O–H groups in total. The van der Waals surface area contributed by atoms with Crippen LogP contribution in [0.2, 0.25) is 0 Å². The first-order valence-corrected chi connectivity index (χ1v) is 5.90. The van der Waals surface area contributed by atoms with E-state index in [1.807, 2.05) is 0 Å². The number of ketones is 1. The fourth-order valence-corrected chi connectivity index (χ4v) is 2.14. The smallest absolute Gasteiger partial charge is 0.408 e. The topological polar surface area (TPSA) is 57.1 Å². The lowest BCUT2D eigenvalue weighted by molar-refractivity contribution is 0.0962. The van der Waals surface area contributed by atoms with Crippen LogP contribution in [0.1, 0.15) is 10.5 Å². The van der Waals surface area contributed by atoms with Crippen molar-refractivity contribution < 1.29 is 9.21 Å². The van der Waals surface area contributed by atoms with Gasteiger partial charge >= 0.3 is 5.76 Å². The Labute approximate surface area is 108 Å². The van der Waals surface area contributed by atoms with Crippen molar-refractivity contribution >= 4 is 16.9 Å². The van der Waals surface area contributed by atoms with Crippen molar-refractivity contribution in [1.82, 2.24) is 9.13 Å². The van der Waals surface area contributed by atoms with E-state index in [4.69, 9.17) is 4.42 Å². The van der Waals surface area contributed by atoms with Crippen LogP contribution in [0.3, 0.4) is 0 Å². The van der Waals surface area contributed by atoms with Gasteiger partial charge in [-0.3, -0.25) is 9.36 Å². The predicted octanol–water partition coefficient (Wildman–Crippen LogP) is 1.82. The summed E-state index contributed by atoms with van der Waals surface area (Å²) in [6.45, 7) is -0.0201. The average Bonchev–Trinajstić information content (AvgIpc) is 2.94. The molecule has 0 fully saturated rings. The van der Waals surface area contributed by atoms with Gasteiger partial charge in [-0.25, -0.2) is 4.79 Å². The molecule has 0 aliphatic carbocycles. The summed E-state index contributed by atoms with van der Waals surface area (Å²) < 4.78 is 8.18. The maximum Gasteiger partial charge on any atom is 0.420 e. The van der Waals surface area contributed by atoms with Crippen LogP contribution in [0.15, 0.2) is 51.8 Å². The normalized spacial score (nSPS) is 11.0. The quantitative estimate of drug-likeness (QED) is 0.671. The lowest BCUT2D eigenvalue weighted by Gasteiger charge is -2.03. The molecule has 0 amide bonds. The Morgan fingerprint density at radius 2 is 2.00 bits per heavy atom. The number of aryl methyl sites for hydroxylation is 1. The first kappa shape index (κ1) is 11.5. The Bertz CT molecular complexity index is 807. The van der Waals surface area contributed by atoms with Crippen molar-refractivity contribution in [2.24, 2.45) is 7.05 Å². The summed E-state index contributed by atoms with van der Waals surface area (Å²) in [6.07, 6.45) is 1.80. The van der Waals surface area contributed by atoms with E-state index in [0.29, 0.717) is 16.8 Å². The molecule has 0 aliphatic heterocycles. The zero-order chi connectivity index (χ0) is 13.4. The van der Waals surface area contributed by atoms with E-state index in [1.165, 1.54) is 4.57 Å². The third-order valence-electron chi connectivity index (χ3n) is 3.10. The van der Waals surface area contributed by atoms with Crippen LogP contribution in [0.4, 0.5) is 0 Å². The van der Waals surface area contributed by atoms with E-state index in [9.17, 15) is 9.59 Å². The summed E-state index contributed by atoms with van der Waals surface area (Å²) in [7, 11) is 1.80. The number of carbonyl (C=O) groups is 1. The molecular formula is C14H12N2O3. The van der Waals surface area contributed by atoms with Gasteiger partial charge < -0.3 is 8.98 Å². The summed E-state index contributed by atoms with van der Waals surface area (Å²) in [6, 6.07) is 10.6. The molecule has 0 unspecified atom stereocenters. The van der Waals surface area contributed by atoms with Gasteiger partial charge in [0.2, 0.25) is 0 Å². The highest BCUT2D eigenvalue weighted by Gasteiger charge is 2.15. The number of hydrogen-bond donors (Lipinski definition) is 0. The number of oxazole rings is 1. The van der Waals surface area contributed by atoms with Crippen LogP contribution in [0.5, 0.6) is 0 Å². The minimum Gasteiger partial charge on any atom is -0.408 e. The summed E-state index contributed by atoms with van der Waals surface area (Å²) in [5.74, 6) is -0.634. The second-order valence-corrected chi connectivity index (χ2v) is 4.35. The van der Waals surface area contributed by atoms with Gasteiger partial charge in [0.05, 0.1) is 17.8 Å². The molecular weight excluding hydrogens is 244 g/mol. The summed E-state index contributed by atoms with van der Waals surface area (Å²) in [5, 5.41) is 0. The molecule has 1 aromatic carbocycles. The van der Waals surface area contributed by atoms with Crippen molar-refractivity contribution in [2.45, 2.75) is 6.54 Å². The van der Waals surface area contributed by atoms with Crippen molar-refractivity contribution in [3.05, 3.63) is 58.8 Å². The third-order valence-corrected chi connectivity index (χ3v) is 3.10. The Morgan fingerprint density at radius 1 is 1.21 bits per heavy atom. The SMILES string of the molecule is Cn1cccc1C(=O)Cn1c(=O)oc2ccccc21. The lowest BCUT2D eigenvalue weighted by Crippen LogP contribution is -2.21. The van der Waals surface area contributed by atoms with E-state index in [2.05, 4.69) is 0 Å². The highest BCUT2D eigenvalue weighted by atomic mass is 16.4. The minimum absolute atomic E-state index is 0.0201. The molecule has 0 aliphatic rings. The fraction of sp³-hybridized carbons (Fsp3) is 0.143. The lowest BCUT2D eigenvalue weighted by atomic mass is 10.2. The van der Waals surface area contributed by atoms with Gasteiger partial charge in [-0.1, -0.05) is 12.1 Å². The number of benzene rings is 1. The van der Waals surface area contributed by atoms with Crippen LogP contribution in [0, 0.1) is 0 Å². The number of fused-ring (bicyclic) bond motifs is 1. The standard InChI is InChI=1S/C14H12N2O3/c1-15-8-4-6-10(15)12(17)9-16-11-5-2-3-7-13(11)19-14(16)18/h2-8H,9H2,1H3. The van der Waals surface area contributed by atoms with E-state index in [-0.39, 0.29) is 12.3 Å². The van der Waals surface area contributed by atoms with Gasteiger partial charge in [0.25, 0.3) is 0 Å². The number of carbonyl (C=O) groups excluding carboxylic acids is 1. The fourth-order valence-electron chi connectivity index (χ4n) is 2.14. The highest BCUT2D eigenvalue weighted by molar-refractivity contribution is 5.95. The van der Waals surface area contributed by atoms with Crippen molar-refractivity contribution in [2.75, 3.05) is 0 Å². The second kappa shape index (κ2) is 4.28. The average molecular weight is 256 g/mol. The molecule has 0 bridgehead atoms. The van der Waals surface area contributed by atoms with Crippen LogP contribution >= 0.6 is 0 Å². The first-order valence-electron chi connectivity index (χ1n) is 5.90. The van der Waals surface area contributed by atoms with Crippen molar-refractivity contribution in [1.29, 1.82) is 0 Å². The molecule has 0 radical (unpaired) electrons. The number of hydrogen-bond acceptors (Lipinski definition) is 3. The van der Waals surface area contributed by atoms with Crippen LogP contribution in [-0.4, -0.2) is 14.9 Å². The second-order valence-electron chi connectivity index (χ2n) is 4.35. The molecule has 0 atom stereocenters. The molecule has 96 valence electrons. The Morgan fingerprint density at radius 3 is 2.74 bits per heavy atom. The maximum atomic E-state index is 12.2.